The molecule has 0 bridgehead atoms. The Kier molecular flexibility index (Phi) is 5.33. The zero-order chi connectivity index (χ0) is 10.9. The molecule has 16 heavy (non-hydrogen) atoms. The van der Waals surface area contributed by atoms with Gasteiger partial charge in [0.05, 0.1) is 0 Å². The summed E-state index contributed by atoms with van der Waals surface area (Å²) < 4.78 is 37.6. The van der Waals surface area contributed by atoms with E-state index >= 15 is 0 Å². The summed E-state index contributed by atoms with van der Waals surface area (Å²) in [5.74, 6) is 0. The molecule has 0 fully saturated rings. The third kappa shape index (κ3) is 3.74. The molecule has 0 aliphatic heterocycles. The van der Waals surface area contributed by atoms with Gasteiger partial charge in [0.25, 0.3) is 0 Å². The third-order valence-electron chi connectivity index (χ3n) is 1.68. The minimum absolute atomic E-state index is 0. The second kappa shape index (κ2) is 5.87. The van der Waals surface area contributed by atoms with E-state index in [0.717, 1.165) is 0 Å². The summed E-state index contributed by atoms with van der Waals surface area (Å²) in [5, 5.41) is 7.70. The molecule has 2 aromatic heterocycles. The zero-order valence-electron chi connectivity index (χ0n) is 8.48. The van der Waals surface area contributed by atoms with Crippen LogP contribution in [0.1, 0.15) is 0 Å². The van der Waals surface area contributed by atoms with Crippen molar-refractivity contribution in [2.75, 3.05) is 5.65 Å². The Labute approximate surface area is 137 Å². The van der Waals surface area contributed by atoms with Gasteiger partial charge in [0, 0.05) is 6.20 Å². The van der Waals surface area contributed by atoms with E-state index in [1.165, 1.54) is 4.40 Å². The molecule has 0 saturated carbocycles. The van der Waals surface area contributed by atoms with Gasteiger partial charge in [-0.25, -0.2) is 0 Å². The summed E-state index contributed by atoms with van der Waals surface area (Å²) in [6.07, 6.45) is 1.64. The number of rotatable bonds is 3. The van der Waals surface area contributed by atoms with Gasteiger partial charge in [-0.2, -0.15) is 0 Å². The van der Waals surface area contributed by atoms with E-state index in [2.05, 4.69) is 10.2 Å². The van der Waals surface area contributed by atoms with Gasteiger partial charge in [-0.3, -0.25) is 4.40 Å². The molecule has 0 spiro atoms. The Balaban J connectivity index is 0.00000128. The molecule has 2 aromatic rings. The standard InChI is InChI=1S/C7H6BF3N3S.K/c9-8(10,11)5-15-7-13-12-6-3-1-2-4-14(6)7;/h1-4H,5H2;/q-1;+1. The topological polar surface area (TPSA) is 30.2 Å². The van der Waals surface area contributed by atoms with Crippen molar-refractivity contribution in [2.24, 2.45) is 0 Å². The molecule has 2 rings (SSSR count). The molecule has 0 aliphatic rings. The van der Waals surface area contributed by atoms with Gasteiger partial charge in [0.15, 0.2) is 10.8 Å². The fourth-order valence-corrected chi connectivity index (χ4v) is 1.82. The smallest absolute Gasteiger partial charge is 0.448 e. The van der Waals surface area contributed by atoms with Crippen LogP contribution in [0.25, 0.3) is 5.65 Å². The fourth-order valence-electron chi connectivity index (χ4n) is 1.09. The molecule has 0 N–H and O–H groups in total. The second-order valence-corrected chi connectivity index (χ2v) is 3.92. The van der Waals surface area contributed by atoms with E-state index in [-0.39, 0.29) is 56.5 Å². The molecule has 0 saturated heterocycles. The van der Waals surface area contributed by atoms with E-state index < -0.39 is 12.6 Å². The SMILES string of the molecule is F[B-](F)(F)CSc1nnc2ccccn12.[K+]. The van der Waals surface area contributed by atoms with Crippen molar-refractivity contribution in [2.45, 2.75) is 5.16 Å². The molecular formula is C7H6BF3KN3S. The van der Waals surface area contributed by atoms with Crippen molar-refractivity contribution in [3.63, 3.8) is 0 Å². The summed E-state index contributed by atoms with van der Waals surface area (Å²) >= 11 is 0.656. The first-order valence-corrected chi connectivity index (χ1v) is 5.18. The monoisotopic (exact) mass is 271 g/mol. The van der Waals surface area contributed by atoms with Crippen LogP contribution < -0.4 is 51.4 Å². The Hall–Kier alpha value is 0.461. The molecule has 80 valence electrons. The van der Waals surface area contributed by atoms with E-state index in [4.69, 9.17) is 0 Å². The Morgan fingerprint density at radius 1 is 1.25 bits per heavy atom. The van der Waals surface area contributed by atoms with E-state index in [9.17, 15) is 12.9 Å². The van der Waals surface area contributed by atoms with Crippen LogP contribution in [0.3, 0.4) is 0 Å². The Morgan fingerprint density at radius 3 is 2.69 bits per heavy atom. The number of nitrogens with zero attached hydrogens (tertiary/aromatic N) is 3. The number of fused-ring (bicyclic) bond motifs is 1. The number of halogens is 3. The minimum atomic E-state index is -4.79. The molecule has 0 aromatic carbocycles. The van der Waals surface area contributed by atoms with Gasteiger partial charge in [-0.05, 0) is 17.8 Å². The summed E-state index contributed by atoms with van der Waals surface area (Å²) in [7, 11) is 0. The first kappa shape index (κ1) is 14.5. The predicted molar refractivity (Wildman–Crippen MR) is 52.8 cm³/mol. The Morgan fingerprint density at radius 2 is 2.00 bits per heavy atom. The largest absolute Gasteiger partial charge is 1.00 e. The van der Waals surface area contributed by atoms with Gasteiger partial charge in [0.2, 0.25) is 0 Å². The number of pyridine rings is 1. The van der Waals surface area contributed by atoms with Crippen LogP contribution in [0.5, 0.6) is 0 Å². The van der Waals surface area contributed by atoms with Gasteiger partial charge in [0.1, 0.15) is 0 Å². The van der Waals surface area contributed by atoms with Crippen LogP contribution in [-0.4, -0.2) is 27.2 Å². The molecular weight excluding hydrogens is 265 g/mol. The van der Waals surface area contributed by atoms with Crippen LogP contribution in [0, 0.1) is 0 Å². The maximum absolute atomic E-state index is 12.0. The van der Waals surface area contributed by atoms with Crippen LogP contribution in [0.15, 0.2) is 29.6 Å². The maximum Gasteiger partial charge on any atom is 1.00 e. The molecule has 0 unspecified atom stereocenters. The number of thioether (sulfide) groups is 1. The number of hydrogen-bond acceptors (Lipinski definition) is 3. The molecule has 0 atom stereocenters. The van der Waals surface area contributed by atoms with Crippen molar-refractivity contribution in [3.05, 3.63) is 24.4 Å². The van der Waals surface area contributed by atoms with Crippen molar-refractivity contribution in [1.29, 1.82) is 0 Å². The molecule has 9 heteroatoms. The van der Waals surface area contributed by atoms with Gasteiger partial charge >= 0.3 is 58.4 Å². The van der Waals surface area contributed by atoms with Crippen LogP contribution in [0.2, 0.25) is 0 Å². The van der Waals surface area contributed by atoms with Crippen molar-refractivity contribution in [3.8, 4) is 0 Å². The molecule has 0 aliphatic carbocycles. The predicted octanol–water partition coefficient (Wildman–Crippen LogP) is -0.788. The molecule has 0 radical (unpaired) electrons. The average molecular weight is 271 g/mol. The average Bonchev–Trinajstić information content (AvgIpc) is 2.57. The third-order valence-corrected chi connectivity index (χ3v) is 2.77. The van der Waals surface area contributed by atoms with Crippen molar-refractivity contribution in [1.82, 2.24) is 14.6 Å². The van der Waals surface area contributed by atoms with Crippen LogP contribution in [0.4, 0.5) is 12.9 Å². The summed E-state index contributed by atoms with van der Waals surface area (Å²) in [4.78, 5) is 0. The maximum atomic E-state index is 12.0. The minimum Gasteiger partial charge on any atom is -0.448 e. The van der Waals surface area contributed by atoms with Gasteiger partial charge in [-0.15, -0.1) is 22.0 Å². The number of aromatic nitrogens is 3. The zero-order valence-corrected chi connectivity index (χ0v) is 12.4. The summed E-state index contributed by atoms with van der Waals surface area (Å²) in [6.45, 7) is -4.79. The fraction of sp³-hybridized carbons (Fsp3) is 0.143. The first-order chi connectivity index (χ1) is 7.06. The normalized spacial score (nSPS) is 11.4. The quantitative estimate of drug-likeness (QED) is 0.541. The summed E-state index contributed by atoms with van der Waals surface area (Å²) in [6, 6.07) is 5.17. The van der Waals surface area contributed by atoms with Gasteiger partial charge in [-0.1, -0.05) is 6.07 Å². The number of hydrogen-bond donors (Lipinski definition) is 0. The van der Waals surface area contributed by atoms with E-state index in [0.29, 0.717) is 17.4 Å². The van der Waals surface area contributed by atoms with E-state index in [1.807, 2.05) is 0 Å². The summed E-state index contributed by atoms with van der Waals surface area (Å²) in [5.41, 5.74) is -0.343. The van der Waals surface area contributed by atoms with Gasteiger partial charge < -0.3 is 12.9 Å². The second-order valence-electron chi connectivity index (χ2n) is 2.93. The van der Waals surface area contributed by atoms with Crippen LogP contribution >= 0.6 is 11.8 Å². The van der Waals surface area contributed by atoms with Crippen molar-refractivity contribution >= 4 is 24.4 Å². The first-order valence-electron chi connectivity index (χ1n) is 4.20. The van der Waals surface area contributed by atoms with Crippen LogP contribution in [-0.2, 0) is 0 Å². The molecule has 3 nitrogen and oxygen atoms in total. The van der Waals surface area contributed by atoms with Crippen molar-refractivity contribution < 1.29 is 64.3 Å². The van der Waals surface area contributed by atoms with E-state index in [1.54, 1.807) is 24.4 Å². The Bertz CT molecular complexity index is 475. The molecule has 2 heterocycles. The molecule has 0 amide bonds.